The summed E-state index contributed by atoms with van der Waals surface area (Å²) in [6.07, 6.45) is -2.80. The summed E-state index contributed by atoms with van der Waals surface area (Å²) in [6, 6.07) is 15.0. The Bertz CT molecular complexity index is 925. The molecule has 1 aliphatic rings. The molecule has 3 rings (SSSR count). The third kappa shape index (κ3) is 5.30. The van der Waals surface area contributed by atoms with E-state index in [4.69, 9.17) is 9.84 Å². The van der Waals surface area contributed by atoms with E-state index in [-0.39, 0.29) is 18.4 Å². The Labute approximate surface area is 181 Å². The van der Waals surface area contributed by atoms with Gasteiger partial charge in [0.05, 0.1) is 6.04 Å². The minimum Gasteiger partial charge on any atom is -0.479 e. The van der Waals surface area contributed by atoms with Gasteiger partial charge in [0.1, 0.15) is 6.61 Å². The fourth-order valence-electron chi connectivity index (χ4n) is 3.94. The summed E-state index contributed by atoms with van der Waals surface area (Å²) in [6.45, 7) is 3.88. The molecule has 0 fully saturated rings. The number of aliphatic carboxylic acids is 1. The van der Waals surface area contributed by atoms with Gasteiger partial charge in [-0.3, -0.25) is 4.79 Å². The minimum atomic E-state index is -1.80. The monoisotopic (exact) mass is 425 g/mol. The summed E-state index contributed by atoms with van der Waals surface area (Å²) >= 11 is 0. The van der Waals surface area contributed by atoms with E-state index in [0.29, 0.717) is 6.42 Å². The van der Waals surface area contributed by atoms with Crippen molar-refractivity contribution in [2.24, 2.45) is 5.92 Å². The highest BCUT2D eigenvalue weighted by Gasteiger charge is 2.30. The summed E-state index contributed by atoms with van der Waals surface area (Å²) in [4.78, 5) is 35.7. The lowest BCUT2D eigenvalue weighted by molar-refractivity contribution is -0.149. The van der Waals surface area contributed by atoms with Gasteiger partial charge in [-0.2, -0.15) is 0 Å². The molecule has 7 heteroatoms. The molecule has 0 spiro atoms. The zero-order valence-corrected chi connectivity index (χ0v) is 17.6. The Hall–Kier alpha value is -3.19. The minimum absolute atomic E-state index is 0.0739. The van der Waals surface area contributed by atoms with Crippen LogP contribution in [0.3, 0.4) is 0 Å². The second-order valence-electron chi connectivity index (χ2n) is 8.18. The molecule has 164 valence electrons. The van der Waals surface area contributed by atoms with Crippen molar-refractivity contribution in [1.82, 2.24) is 5.32 Å². The van der Waals surface area contributed by atoms with Gasteiger partial charge in [0, 0.05) is 12.3 Å². The molecule has 0 radical (unpaired) electrons. The third-order valence-electron chi connectivity index (χ3n) is 5.41. The third-order valence-corrected chi connectivity index (χ3v) is 5.41. The predicted octanol–water partition coefficient (Wildman–Crippen LogP) is 3.34. The van der Waals surface area contributed by atoms with Crippen molar-refractivity contribution >= 4 is 17.8 Å². The van der Waals surface area contributed by atoms with E-state index in [9.17, 15) is 19.5 Å². The molecule has 31 heavy (non-hydrogen) atoms. The number of alkyl carbamates (subject to hydrolysis) is 1. The van der Waals surface area contributed by atoms with E-state index in [1.54, 1.807) is 0 Å². The number of ketones is 1. The van der Waals surface area contributed by atoms with Crippen LogP contribution in [0.15, 0.2) is 48.5 Å². The van der Waals surface area contributed by atoms with Crippen LogP contribution in [0.1, 0.15) is 43.7 Å². The Morgan fingerprint density at radius 2 is 1.55 bits per heavy atom. The summed E-state index contributed by atoms with van der Waals surface area (Å²) in [5.74, 6) is -2.05. The van der Waals surface area contributed by atoms with Crippen LogP contribution in [-0.2, 0) is 14.3 Å². The number of aliphatic hydroxyl groups is 1. The highest BCUT2D eigenvalue weighted by atomic mass is 16.5. The first kappa shape index (κ1) is 22.5. The highest BCUT2D eigenvalue weighted by molar-refractivity contribution is 5.91. The zero-order chi connectivity index (χ0) is 22.5. The fraction of sp³-hybridized carbons (Fsp3) is 0.375. The number of carboxylic acid groups (broad SMARTS) is 1. The Kier molecular flexibility index (Phi) is 7.07. The molecule has 1 aliphatic carbocycles. The SMILES string of the molecule is CC(C)C[C@H](NC(=O)OCC1c2ccccc2-c2ccccc21)C(=O)CC(O)C(=O)O. The van der Waals surface area contributed by atoms with Crippen LogP contribution in [0, 0.1) is 5.92 Å². The number of hydrogen-bond acceptors (Lipinski definition) is 5. The molecule has 1 unspecified atom stereocenters. The van der Waals surface area contributed by atoms with Gasteiger partial charge >= 0.3 is 12.1 Å². The number of carbonyl (C=O) groups is 3. The first-order chi connectivity index (χ1) is 14.8. The fourth-order valence-corrected chi connectivity index (χ4v) is 3.94. The molecule has 0 aliphatic heterocycles. The largest absolute Gasteiger partial charge is 0.479 e. The maximum atomic E-state index is 12.5. The molecular formula is C24H27NO6. The summed E-state index contributed by atoms with van der Waals surface area (Å²) in [5, 5.41) is 20.9. The lowest BCUT2D eigenvalue weighted by atomic mass is 9.97. The molecule has 0 aromatic heterocycles. The second kappa shape index (κ2) is 9.75. The van der Waals surface area contributed by atoms with Gasteiger partial charge in [-0.25, -0.2) is 9.59 Å². The van der Waals surface area contributed by atoms with Gasteiger partial charge < -0.3 is 20.3 Å². The van der Waals surface area contributed by atoms with Crippen molar-refractivity contribution in [2.75, 3.05) is 6.61 Å². The average Bonchev–Trinajstić information content (AvgIpc) is 3.05. The lowest BCUT2D eigenvalue weighted by Gasteiger charge is -2.21. The Morgan fingerprint density at radius 1 is 1.00 bits per heavy atom. The number of aliphatic hydroxyl groups excluding tert-OH is 1. The molecule has 7 nitrogen and oxygen atoms in total. The maximum Gasteiger partial charge on any atom is 0.407 e. The molecule has 2 atom stereocenters. The van der Waals surface area contributed by atoms with Gasteiger partial charge in [-0.15, -0.1) is 0 Å². The van der Waals surface area contributed by atoms with Gasteiger partial charge in [-0.1, -0.05) is 62.4 Å². The number of nitrogens with one attached hydrogen (secondary N) is 1. The number of fused-ring (bicyclic) bond motifs is 3. The second-order valence-corrected chi connectivity index (χ2v) is 8.18. The van der Waals surface area contributed by atoms with E-state index >= 15 is 0 Å². The van der Waals surface area contributed by atoms with Crippen molar-refractivity contribution in [1.29, 1.82) is 0 Å². The topological polar surface area (TPSA) is 113 Å². The number of Topliss-reactive ketones (excluding diaryl/α,β-unsaturated/α-hetero) is 1. The van der Waals surface area contributed by atoms with Crippen LogP contribution in [0.4, 0.5) is 4.79 Å². The molecule has 3 N–H and O–H groups in total. The number of hydrogen-bond donors (Lipinski definition) is 3. The smallest absolute Gasteiger partial charge is 0.407 e. The first-order valence-corrected chi connectivity index (χ1v) is 10.3. The molecule has 0 saturated carbocycles. The summed E-state index contributed by atoms with van der Waals surface area (Å²) < 4.78 is 5.47. The number of carboxylic acids is 1. The normalized spacial score (nSPS) is 14.5. The maximum absolute atomic E-state index is 12.5. The average molecular weight is 425 g/mol. The van der Waals surface area contributed by atoms with Crippen molar-refractivity contribution in [2.45, 2.75) is 44.8 Å². The van der Waals surface area contributed by atoms with Gasteiger partial charge in [0.25, 0.3) is 0 Å². The lowest BCUT2D eigenvalue weighted by Crippen LogP contribution is -2.44. The highest BCUT2D eigenvalue weighted by Crippen LogP contribution is 2.44. The van der Waals surface area contributed by atoms with Crippen LogP contribution < -0.4 is 5.32 Å². The van der Waals surface area contributed by atoms with Crippen LogP contribution >= 0.6 is 0 Å². The van der Waals surface area contributed by atoms with E-state index in [2.05, 4.69) is 5.32 Å². The van der Waals surface area contributed by atoms with Crippen molar-refractivity contribution in [3.63, 3.8) is 0 Å². The standard InChI is InChI=1S/C24H27NO6/c1-14(2)11-20(21(26)12-22(27)23(28)29)25-24(30)31-13-19-17-9-5-3-7-15(17)16-8-4-6-10-18(16)19/h3-10,14,19-20,22,27H,11-13H2,1-2H3,(H,25,30)(H,28,29)/t20-,22?/m0/s1. The van der Waals surface area contributed by atoms with Crippen molar-refractivity contribution in [3.05, 3.63) is 59.7 Å². The molecule has 2 aromatic rings. The van der Waals surface area contributed by atoms with Crippen LogP contribution in [0.2, 0.25) is 0 Å². The van der Waals surface area contributed by atoms with Gasteiger partial charge in [0.2, 0.25) is 0 Å². The molecular weight excluding hydrogens is 398 g/mol. The van der Waals surface area contributed by atoms with Gasteiger partial charge in [-0.05, 0) is 34.6 Å². The molecule has 0 heterocycles. The summed E-state index contributed by atoms with van der Waals surface area (Å²) in [7, 11) is 0. The number of ether oxygens (including phenoxy) is 1. The van der Waals surface area contributed by atoms with E-state index in [1.807, 2.05) is 62.4 Å². The zero-order valence-electron chi connectivity index (χ0n) is 17.6. The van der Waals surface area contributed by atoms with Crippen molar-refractivity contribution < 1.29 is 29.3 Å². The predicted molar refractivity (Wildman–Crippen MR) is 115 cm³/mol. The van der Waals surface area contributed by atoms with E-state index in [0.717, 1.165) is 22.3 Å². The van der Waals surface area contributed by atoms with Crippen LogP contribution in [0.25, 0.3) is 11.1 Å². The Balaban J connectivity index is 1.66. The van der Waals surface area contributed by atoms with E-state index < -0.39 is 36.4 Å². The molecule has 2 aromatic carbocycles. The number of benzene rings is 2. The summed E-state index contributed by atoms with van der Waals surface area (Å²) in [5.41, 5.74) is 4.39. The van der Waals surface area contributed by atoms with Crippen LogP contribution in [0.5, 0.6) is 0 Å². The number of carbonyl (C=O) groups excluding carboxylic acids is 2. The first-order valence-electron chi connectivity index (χ1n) is 10.3. The molecule has 1 amide bonds. The quantitative estimate of drug-likeness (QED) is 0.568. The van der Waals surface area contributed by atoms with E-state index in [1.165, 1.54) is 0 Å². The molecule has 0 saturated heterocycles. The number of rotatable bonds is 9. The number of amides is 1. The van der Waals surface area contributed by atoms with Gasteiger partial charge in [0.15, 0.2) is 11.9 Å². The van der Waals surface area contributed by atoms with Crippen LogP contribution in [-0.4, -0.2) is 46.8 Å². The van der Waals surface area contributed by atoms with Crippen molar-refractivity contribution in [3.8, 4) is 11.1 Å². The molecule has 0 bridgehead atoms. The Morgan fingerprint density at radius 3 is 2.06 bits per heavy atom.